The Balaban J connectivity index is 1.80. The Morgan fingerprint density at radius 2 is 1.42 bits per heavy atom. The van der Waals surface area contributed by atoms with Crippen molar-refractivity contribution in [1.82, 2.24) is 5.32 Å². The van der Waals surface area contributed by atoms with Crippen LogP contribution in [0.2, 0.25) is 0 Å². The minimum Gasteiger partial charge on any atom is -0.395 e. The zero-order valence-corrected chi connectivity index (χ0v) is 15.0. The van der Waals surface area contributed by atoms with Crippen LogP contribution in [0.3, 0.4) is 0 Å². The molecule has 1 fully saturated rings. The summed E-state index contributed by atoms with van der Waals surface area (Å²) >= 11 is 0. The lowest BCUT2D eigenvalue weighted by molar-refractivity contribution is 0.0512. The van der Waals surface area contributed by atoms with Gasteiger partial charge in [0.25, 0.3) is 0 Å². The minimum atomic E-state index is -1.13. The maximum atomic E-state index is 15.0. The van der Waals surface area contributed by atoms with Crippen LogP contribution >= 0.6 is 0 Å². The van der Waals surface area contributed by atoms with Gasteiger partial charge in [0.1, 0.15) is 12.3 Å². The Hall–Kier alpha value is -1.78. The molecular weight excluding hydrogens is 332 g/mol. The van der Waals surface area contributed by atoms with Crippen molar-refractivity contribution in [2.75, 3.05) is 13.2 Å². The smallest absolute Gasteiger partial charge is 0.126 e. The lowest BCUT2D eigenvalue weighted by atomic mass is 9.68. The van der Waals surface area contributed by atoms with E-state index in [1.165, 1.54) is 0 Å². The van der Waals surface area contributed by atoms with E-state index in [0.717, 1.165) is 0 Å². The average molecular weight is 359 g/mol. The molecule has 140 valence electrons. The SMILES string of the molecule is OCC1CC(C[C@H](F)c2ccccc2)(C[C@H](F)c2ccccc2)CCN1. The fourth-order valence-electron chi connectivity index (χ4n) is 4.14. The van der Waals surface area contributed by atoms with Gasteiger partial charge in [0, 0.05) is 6.04 Å². The number of piperidine rings is 1. The van der Waals surface area contributed by atoms with Crippen LogP contribution in [0, 0.1) is 5.41 Å². The fourth-order valence-corrected chi connectivity index (χ4v) is 4.14. The second-order valence-electron chi connectivity index (χ2n) is 7.45. The van der Waals surface area contributed by atoms with Gasteiger partial charge in [-0.2, -0.15) is 0 Å². The van der Waals surface area contributed by atoms with Crippen LogP contribution in [0.1, 0.15) is 49.2 Å². The van der Waals surface area contributed by atoms with E-state index in [1.807, 2.05) is 36.4 Å². The van der Waals surface area contributed by atoms with Gasteiger partial charge >= 0.3 is 0 Å². The normalized spacial score (nSPS) is 21.9. The van der Waals surface area contributed by atoms with Crippen molar-refractivity contribution in [2.24, 2.45) is 5.41 Å². The average Bonchev–Trinajstić information content (AvgIpc) is 2.69. The first-order chi connectivity index (χ1) is 12.6. The number of rotatable bonds is 7. The lowest BCUT2D eigenvalue weighted by Crippen LogP contribution is -2.46. The van der Waals surface area contributed by atoms with Gasteiger partial charge in [-0.3, -0.25) is 0 Å². The topological polar surface area (TPSA) is 32.3 Å². The summed E-state index contributed by atoms with van der Waals surface area (Å²) in [6.07, 6.45) is -0.396. The summed E-state index contributed by atoms with van der Waals surface area (Å²) in [5, 5.41) is 12.8. The molecule has 0 spiro atoms. The molecule has 3 rings (SSSR count). The molecule has 0 saturated carbocycles. The molecule has 2 N–H and O–H groups in total. The summed E-state index contributed by atoms with van der Waals surface area (Å²) in [5.74, 6) is 0. The minimum absolute atomic E-state index is 0.00761. The standard InChI is InChI=1S/C22H27F2NO/c23-20(17-7-3-1-4-8-17)14-22(11-12-25-19(13-22)16-26)15-21(24)18-9-5-2-6-10-18/h1-10,19-21,25-26H,11-16H2/t19?,20-,21-/m0/s1. The molecular formula is C22H27F2NO. The Kier molecular flexibility index (Phi) is 6.38. The fraction of sp³-hybridized carbons (Fsp3) is 0.455. The van der Waals surface area contributed by atoms with Gasteiger partial charge in [-0.1, -0.05) is 60.7 Å². The maximum Gasteiger partial charge on any atom is 0.126 e. The predicted octanol–water partition coefficient (Wildman–Crippen LogP) is 4.92. The van der Waals surface area contributed by atoms with Crippen molar-refractivity contribution < 1.29 is 13.9 Å². The van der Waals surface area contributed by atoms with E-state index in [0.29, 0.717) is 30.5 Å². The third kappa shape index (κ3) is 4.68. The zero-order valence-electron chi connectivity index (χ0n) is 15.0. The number of benzene rings is 2. The molecule has 0 radical (unpaired) electrons. The van der Waals surface area contributed by atoms with Gasteiger partial charge in [0.2, 0.25) is 0 Å². The van der Waals surface area contributed by atoms with E-state index >= 15 is 8.78 Å². The first kappa shape index (κ1) is 19.0. The zero-order chi connectivity index (χ0) is 18.4. The van der Waals surface area contributed by atoms with Gasteiger partial charge in [-0.05, 0) is 48.8 Å². The molecule has 3 atom stereocenters. The van der Waals surface area contributed by atoms with Crippen LogP contribution in [0.15, 0.2) is 60.7 Å². The molecule has 2 aromatic rings. The Bertz CT molecular complexity index is 617. The molecule has 0 bridgehead atoms. The quantitative estimate of drug-likeness (QED) is 0.735. The van der Waals surface area contributed by atoms with Crippen molar-refractivity contribution in [2.45, 2.75) is 44.1 Å². The van der Waals surface area contributed by atoms with Crippen LogP contribution in [0.25, 0.3) is 0 Å². The molecule has 26 heavy (non-hydrogen) atoms. The third-order valence-electron chi connectivity index (χ3n) is 5.54. The van der Waals surface area contributed by atoms with Gasteiger partial charge in [-0.15, -0.1) is 0 Å². The molecule has 1 aliphatic heterocycles. The molecule has 2 nitrogen and oxygen atoms in total. The summed E-state index contributed by atoms with van der Waals surface area (Å²) < 4.78 is 30.1. The molecule has 1 unspecified atom stereocenters. The second-order valence-corrected chi connectivity index (χ2v) is 7.45. The first-order valence-electron chi connectivity index (χ1n) is 9.34. The van der Waals surface area contributed by atoms with Gasteiger partial charge < -0.3 is 10.4 Å². The highest BCUT2D eigenvalue weighted by atomic mass is 19.1. The third-order valence-corrected chi connectivity index (χ3v) is 5.54. The number of nitrogens with one attached hydrogen (secondary N) is 1. The summed E-state index contributed by atoms with van der Waals surface area (Å²) in [6.45, 7) is 0.667. The first-order valence-corrected chi connectivity index (χ1v) is 9.34. The molecule has 1 aliphatic rings. The van der Waals surface area contributed by atoms with Gasteiger partial charge in [-0.25, -0.2) is 8.78 Å². The summed E-state index contributed by atoms with van der Waals surface area (Å²) in [7, 11) is 0. The molecule has 1 saturated heterocycles. The highest BCUT2D eigenvalue weighted by Gasteiger charge is 2.40. The van der Waals surface area contributed by atoms with Crippen molar-refractivity contribution >= 4 is 0 Å². The van der Waals surface area contributed by atoms with Crippen LogP contribution in [0.5, 0.6) is 0 Å². The van der Waals surface area contributed by atoms with E-state index in [9.17, 15) is 5.11 Å². The van der Waals surface area contributed by atoms with Crippen molar-refractivity contribution in [3.8, 4) is 0 Å². The number of alkyl halides is 2. The number of aliphatic hydroxyl groups excluding tert-OH is 1. The number of hydrogen-bond donors (Lipinski definition) is 2. The number of hydrogen-bond acceptors (Lipinski definition) is 2. The van der Waals surface area contributed by atoms with Crippen molar-refractivity contribution in [1.29, 1.82) is 0 Å². The van der Waals surface area contributed by atoms with Crippen molar-refractivity contribution in [3.63, 3.8) is 0 Å². The van der Waals surface area contributed by atoms with E-state index < -0.39 is 17.8 Å². The number of aliphatic hydroxyl groups is 1. The van der Waals surface area contributed by atoms with E-state index in [1.54, 1.807) is 24.3 Å². The maximum absolute atomic E-state index is 15.0. The molecule has 0 amide bonds. The second kappa shape index (κ2) is 8.74. The lowest BCUT2D eigenvalue weighted by Gasteiger charge is -2.43. The van der Waals surface area contributed by atoms with Crippen LogP contribution in [0.4, 0.5) is 8.78 Å². The summed E-state index contributed by atoms with van der Waals surface area (Å²) in [6, 6.07) is 18.1. The molecule has 2 aromatic carbocycles. The summed E-state index contributed by atoms with van der Waals surface area (Å²) in [5.41, 5.74) is 0.811. The molecule has 0 aliphatic carbocycles. The van der Waals surface area contributed by atoms with Crippen LogP contribution in [-0.4, -0.2) is 24.3 Å². The Morgan fingerprint density at radius 3 is 1.88 bits per heavy atom. The predicted molar refractivity (Wildman–Crippen MR) is 100 cm³/mol. The summed E-state index contributed by atoms with van der Waals surface area (Å²) in [4.78, 5) is 0. The van der Waals surface area contributed by atoms with Crippen LogP contribution < -0.4 is 5.32 Å². The van der Waals surface area contributed by atoms with E-state index in [-0.39, 0.29) is 25.5 Å². The Morgan fingerprint density at radius 1 is 0.923 bits per heavy atom. The van der Waals surface area contributed by atoms with E-state index in [2.05, 4.69) is 5.32 Å². The highest BCUT2D eigenvalue weighted by Crippen LogP contribution is 2.47. The van der Waals surface area contributed by atoms with Gasteiger partial charge in [0.05, 0.1) is 6.61 Å². The molecule has 1 heterocycles. The Labute approximate surface area is 154 Å². The van der Waals surface area contributed by atoms with Gasteiger partial charge in [0.15, 0.2) is 0 Å². The molecule has 0 aromatic heterocycles. The largest absolute Gasteiger partial charge is 0.395 e. The monoisotopic (exact) mass is 359 g/mol. The molecule has 4 heteroatoms. The van der Waals surface area contributed by atoms with Crippen molar-refractivity contribution in [3.05, 3.63) is 71.8 Å². The highest BCUT2D eigenvalue weighted by molar-refractivity contribution is 5.20. The van der Waals surface area contributed by atoms with Crippen LogP contribution in [-0.2, 0) is 0 Å². The van der Waals surface area contributed by atoms with E-state index in [4.69, 9.17) is 0 Å². The number of halogens is 2.